The van der Waals surface area contributed by atoms with Gasteiger partial charge < -0.3 is 15.5 Å². The fourth-order valence-corrected chi connectivity index (χ4v) is 3.69. The van der Waals surface area contributed by atoms with Crippen LogP contribution < -0.4 is 15.5 Å². The lowest BCUT2D eigenvalue weighted by molar-refractivity contribution is 0.479. The van der Waals surface area contributed by atoms with Crippen molar-refractivity contribution in [3.05, 3.63) is 30.5 Å². The maximum atomic E-state index is 4.72. The van der Waals surface area contributed by atoms with Gasteiger partial charge in [-0.05, 0) is 56.3 Å². The van der Waals surface area contributed by atoms with E-state index >= 15 is 0 Å². The third-order valence-corrected chi connectivity index (χ3v) is 4.88. The van der Waals surface area contributed by atoms with Gasteiger partial charge in [0, 0.05) is 36.4 Å². The van der Waals surface area contributed by atoms with E-state index in [0.717, 1.165) is 32.0 Å². The van der Waals surface area contributed by atoms with Crippen LogP contribution in [0.5, 0.6) is 0 Å². The molecule has 3 heterocycles. The lowest BCUT2D eigenvalue weighted by atomic mass is 10.0. The molecule has 1 aromatic heterocycles. The van der Waals surface area contributed by atoms with E-state index in [9.17, 15) is 0 Å². The summed E-state index contributed by atoms with van der Waals surface area (Å²) in [7, 11) is 0. The van der Waals surface area contributed by atoms with E-state index in [1.165, 1.54) is 42.1 Å². The van der Waals surface area contributed by atoms with Crippen LogP contribution >= 0.6 is 0 Å². The van der Waals surface area contributed by atoms with Crippen LogP contribution in [0.3, 0.4) is 0 Å². The Morgan fingerprint density at radius 1 is 1.09 bits per heavy atom. The van der Waals surface area contributed by atoms with E-state index in [4.69, 9.17) is 4.98 Å². The Kier molecular flexibility index (Phi) is 3.85. The average molecular weight is 296 g/mol. The Morgan fingerprint density at radius 2 is 1.91 bits per heavy atom. The zero-order valence-electron chi connectivity index (χ0n) is 13.0. The number of piperidine rings is 1. The van der Waals surface area contributed by atoms with E-state index < -0.39 is 0 Å². The van der Waals surface area contributed by atoms with E-state index in [1.807, 2.05) is 6.20 Å². The fourth-order valence-electron chi connectivity index (χ4n) is 3.69. The first-order valence-corrected chi connectivity index (χ1v) is 8.52. The van der Waals surface area contributed by atoms with Crippen molar-refractivity contribution in [2.45, 2.75) is 31.7 Å². The van der Waals surface area contributed by atoms with Gasteiger partial charge >= 0.3 is 0 Å². The van der Waals surface area contributed by atoms with Crippen molar-refractivity contribution < 1.29 is 0 Å². The van der Waals surface area contributed by atoms with Crippen LogP contribution in [0.2, 0.25) is 0 Å². The van der Waals surface area contributed by atoms with Crippen LogP contribution in [0.15, 0.2) is 30.5 Å². The Bertz CT molecular complexity index is 637. The van der Waals surface area contributed by atoms with Crippen LogP contribution in [-0.2, 0) is 0 Å². The van der Waals surface area contributed by atoms with E-state index in [-0.39, 0.29) is 0 Å². The summed E-state index contributed by atoms with van der Waals surface area (Å²) < 4.78 is 0. The normalized spacial score (nSPS) is 19.7. The highest BCUT2D eigenvalue weighted by Crippen LogP contribution is 2.33. The minimum Gasteiger partial charge on any atom is -0.382 e. The zero-order valence-corrected chi connectivity index (χ0v) is 13.0. The van der Waals surface area contributed by atoms with Gasteiger partial charge in [0.15, 0.2) is 0 Å². The lowest BCUT2D eigenvalue weighted by Crippen LogP contribution is -2.35. The summed E-state index contributed by atoms with van der Waals surface area (Å²) in [5, 5.41) is 9.80. The molecule has 2 aromatic rings. The second-order valence-corrected chi connectivity index (χ2v) is 6.40. The summed E-state index contributed by atoms with van der Waals surface area (Å²) in [4.78, 5) is 7.16. The molecule has 4 rings (SSSR count). The average Bonchev–Trinajstić information content (AvgIpc) is 3.10. The molecule has 0 atom stereocenters. The Labute approximate surface area is 131 Å². The van der Waals surface area contributed by atoms with Gasteiger partial charge in [-0.2, -0.15) is 0 Å². The standard InChI is InChI=1S/C18H24N4/c1-2-13-22(12-1)18-17-14(6-11-20-18)4-3-5-16(17)21-15-7-9-19-10-8-15/h3-6,11,15,19,21H,1-2,7-10,12-13H2. The first-order valence-electron chi connectivity index (χ1n) is 8.52. The summed E-state index contributed by atoms with van der Waals surface area (Å²) in [5.74, 6) is 1.16. The molecule has 0 spiro atoms. The Balaban J connectivity index is 1.73. The van der Waals surface area contributed by atoms with Crippen molar-refractivity contribution in [1.29, 1.82) is 0 Å². The molecule has 22 heavy (non-hydrogen) atoms. The Morgan fingerprint density at radius 3 is 2.73 bits per heavy atom. The minimum absolute atomic E-state index is 0.568. The first kappa shape index (κ1) is 13.8. The number of fused-ring (bicyclic) bond motifs is 1. The number of anilines is 2. The van der Waals surface area contributed by atoms with Crippen molar-refractivity contribution in [2.75, 3.05) is 36.4 Å². The van der Waals surface area contributed by atoms with Crippen molar-refractivity contribution in [1.82, 2.24) is 10.3 Å². The summed E-state index contributed by atoms with van der Waals surface area (Å²) >= 11 is 0. The molecule has 2 saturated heterocycles. The first-order chi connectivity index (χ1) is 10.9. The van der Waals surface area contributed by atoms with Gasteiger partial charge in [-0.15, -0.1) is 0 Å². The molecule has 0 saturated carbocycles. The number of hydrogen-bond acceptors (Lipinski definition) is 4. The van der Waals surface area contributed by atoms with Crippen LogP contribution in [0.4, 0.5) is 11.5 Å². The lowest BCUT2D eigenvalue weighted by Gasteiger charge is -2.26. The van der Waals surface area contributed by atoms with Gasteiger partial charge in [-0.3, -0.25) is 0 Å². The number of rotatable bonds is 3. The highest BCUT2D eigenvalue weighted by molar-refractivity contribution is 6.02. The SMILES string of the molecule is c1cc(NC2CCNCC2)c2c(N3CCCC3)nccc2c1. The molecule has 2 N–H and O–H groups in total. The van der Waals surface area contributed by atoms with Crippen LogP contribution in [0.1, 0.15) is 25.7 Å². The summed E-state index contributed by atoms with van der Waals surface area (Å²) in [5.41, 5.74) is 1.25. The highest BCUT2D eigenvalue weighted by Gasteiger charge is 2.19. The van der Waals surface area contributed by atoms with Crippen molar-refractivity contribution in [3.63, 3.8) is 0 Å². The Hall–Kier alpha value is -1.81. The molecule has 116 valence electrons. The topological polar surface area (TPSA) is 40.2 Å². The number of nitrogens with one attached hydrogen (secondary N) is 2. The molecule has 2 aliphatic heterocycles. The molecule has 4 heteroatoms. The maximum absolute atomic E-state index is 4.72. The molecule has 2 fully saturated rings. The smallest absolute Gasteiger partial charge is 0.138 e. The molecule has 4 nitrogen and oxygen atoms in total. The molecule has 0 bridgehead atoms. The second-order valence-electron chi connectivity index (χ2n) is 6.40. The van der Waals surface area contributed by atoms with Crippen LogP contribution in [-0.4, -0.2) is 37.2 Å². The molecule has 1 aromatic carbocycles. The molecule has 0 radical (unpaired) electrons. The number of pyridine rings is 1. The fraction of sp³-hybridized carbons (Fsp3) is 0.500. The predicted molar refractivity (Wildman–Crippen MR) is 92.7 cm³/mol. The maximum Gasteiger partial charge on any atom is 0.138 e. The van der Waals surface area contributed by atoms with Gasteiger partial charge in [0.25, 0.3) is 0 Å². The van der Waals surface area contributed by atoms with Crippen molar-refractivity contribution >= 4 is 22.3 Å². The van der Waals surface area contributed by atoms with Crippen LogP contribution in [0.25, 0.3) is 10.8 Å². The van der Waals surface area contributed by atoms with Gasteiger partial charge in [-0.25, -0.2) is 4.98 Å². The summed E-state index contributed by atoms with van der Waals surface area (Å²) in [6.07, 6.45) is 6.89. The number of benzene rings is 1. The summed E-state index contributed by atoms with van der Waals surface area (Å²) in [6, 6.07) is 9.26. The van der Waals surface area contributed by atoms with E-state index in [0.29, 0.717) is 6.04 Å². The molecular formula is C18H24N4. The van der Waals surface area contributed by atoms with Gasteiger partial charge in [-0.1, -0.05) is 12.1 Å². The molecule has 0 unspecified atom stereocenters. The van der Waals surface area contributed by atoms with Gasteiger partial charge in [0.2, 0.25) is 0 Å². The largest absolute Gasteiger partial charge is 0.382 e. The quantitative estimate of drug-likeness (QED) is 0.913. The highest BCUT2D eigenvalue weighted by atomic mass is 15.2. The van der Waals surface area contributed by atoms with Crippen LogP contribution in [0, 0.1) is 0 Å². The van der Waals surface area contributed by atoms with E-state index in [2.05, 4.69) is 39.8 Å². The third kappa shape index (κ3) is 2.63. The zero-order chi connectivity index (χ0) is 14.8. The molecule has 0 amide bonds. The third-order valence-electron chi connectivity index (χ3n) is 4.88. The molecular weight excluding hydrogens is 272 g/mol. The van der Waals surface area contributed by atoms with Gasteiger partial charge in [0.1, 0.15) is 5.82 Å². The van der Waals surface area contributed by atoms with Gasteiger partial charge in [0.05, 0.1) is 0 Å². The molecule has 0 aliphatic carbocycles. The summed E-state index contributed by atoms with van der Waals surface area (Å²) in [6.45, 7) is 4.49. The monoisotopic (exact) mass is 296 g/mol. The van der Waals surface area contributed by atoms with Crippen molar-refractivity contribution in [3.8, 4) is 0 Å². The number of hydrogen-bond donors (Lipinski definition) is 2. The second kappa shape index (κ2) is 6.13. The van der Waals surface area contributed by atoms with E-state index in [1.54, 1.807) is 0 Å². The number of aromatic nitrogens is 1. The minimum atomic E-state index is 0.568. The predicted octanol–water partition coefficient (Wildman–Crippen LogP) is 3.00. The number of nitrogens with zero attached hydrogens (tertiary/aromatic N) is 2. The molecule has 2 aliphatic rings. The van der Waals surface area contributed by atoms with Crippen molar-refractivity contribution in [2.24, 2.45) is 0 Å².